The van der Waals surface area contributed by atoms with Gasteiger partial charge >= 0.3 is 0 Å². The standard InChI is InChI=1S/C21H20N6OS/c28-20(18-8-6-16(7-9-18)14-29-21-23-15-24-26-21)22-11-10-17-12-25-27(13-17)19-4-2-1-3-5-19/h1-9,12-13,15H,10-11,14H2,(H,22,28)(H,23,24,26). The van der Waals surface area contributed by atoms with Gasteiger partial charge in [-0.15, -0.1) is 0 Å². The summed E-state index contributed by atoms with van der Waals surface area (Å²) < 4.78 is 1.84. The lowest BCUT2D eigenvalue weighted by Crippen LogP contribution is -2.25. The molecule has 0 fully saturated rings. The van der Waals surface area contributed by atoms with Crippen molar-refractivity contribution in [2.45, 2.75) is 17.3 Å². The Kier molecular flexibility index (Phi) is 6.01. The molecule has 0 aliphatic heterocycles. The molecule has 0 bridgehead atoms. The van der Waals surface area contributed by atoms with Gasteiger partial charge in [0.15, 0.2) is 5.16 Å². The molecule has 0 aliphatic rings. The zero-order valence-corrected chi connectivity index (χ0v) is 16.5. The lowest BCUT2D eigenvalue weighted by Gasteiger charge is -2.05. The molecule has 2 aromatic heterocycles. The molecule has 7 nitrogen and oxygen atoms in total. The molecule has 146 valence electrons. The molecule has 0 atom stereocenters. The van der Waals surface area contributed by atoms with Gasteiger partial charge in [0.05, 0.1) is 11.9 Å². The van der Waals surface area contributed by atoms with E-state index in [2.05, 4.69) is 25.6 Å². The second-order valence-electron chi connectivity index (χ2n) is 6.41. The molecule has 0 spiro atoms. The number of thioether (sulfide) groups is 1. The maximum Gasteiger partial charge on any atom is 0.251 e. The number of hydrogen-bond donors (Lipinski definition) is 2. The number of hydrogen-bond acceptors (Lipinski definition) is 5. The molecule has 0 aliphatic carbocycles. The Morgan fingerprint density at radius 2 is 1.90 bits per heavy atom. The van der Waals surface area contributed by atoms with Crippen molar-refractivity contribution < 1.29 is 4.79 Å². The summed E-state index contributed by atoms with van der Waals surface area (Å²) in [6.07, 6.45) is 6.04. The van der Waals surface area contributed by atoms with E-state index in [-0.39, 0.29) is 5.91 Å². The van der Waals surface area contributed by atoms with Gasteiger partial charge in [0.2, 0.25) is 0 Å². The number of nitrogens with zero attached hydrogens (tertiary/aromatic N) is 4. The lowest BCUT2D eigenvalue weighted by atomic mass is 10.1. The van der Waals surface area contributed by atoms with Crippen molar-refractivity contribution in [3.05, 3.63) is 90.0 Å². The summed E-state index contributed by atoms with van der Waals surface area (Å²) in [7, 11) is 0. The first kappa shape index (κ1) is 18.9. The number of H-pyrrole nitrogens is 1. The van der Waals surface area contributed by atoms with Crippen LogP contribution in [-0.4, -0.2) is 37.4 Å². The van der Waals surface area contributed by atoms with Crippen molar-refractivity contribution in [3.63, 3.8) is 0 Å². The fourth-order valence-corrected chi connectivity index (χ4v) is 3.54. The third-order valence-electron chi connectivity index (χ3n) is 4.34. The number of benzene rings is 2. The molecule has 29 heavy (non-hydrogen) atoms. The predicted octanol–water partition coefficient (Wildman–Crippen LogP) is 3.26. The molecule has 4 rings (SSSR count). The van der Waals surface area contributed by atoms with Crippen molar-refractivity contribution in [2.24, 2.45) is 0 Å². The molecule has 1 amide bonds. The molecule has 2 heterocycles. The van der Waals surface area contributed by atoms with Gasteiger partial charge in [-0.1, -0.05) is 42.1 Å². The fourth-order valence-electron chi connectivity index (χ4n) is 2.80. The van der Waals surface area contributed by atoms with Crippen LogP contribution in [0.5, 0.6) is 0 Å². The van der Waals surface area contributed by atoms with Gasteiger partial charge in [-0.2, -0.15) is 10.2 Å². The highest BCUT2D eigenvalue weighted by Gasteiger charge is 2.07. The first-order valence-corrected chi connectivity index (χ1v) is 10.2. The fraction of sp³-hybridized carbons (Fsp3) is 0.143. The zero-order chi connectivity index (χ0) is 19.9. The normalized spacial score (nSPS) is 10.8. The molecule has 0 saturated carbocycles. The summed E-state index contributed by atoms with van der Waals surface area (Å²) in [5.74, 6) is 0.692. The highest BCUT2D eigenvalue weighted by atomic mass is 32.2. The third kappa shape index (κ3) is 5.11. The first-order valence-electron chi connectivity index (χ1n) is 9.22. The molecule has 8 heteroatoms. The Labute approximate surface area is 172 Å². The van der Waals surface area contributed by atoms with E-state index in [1.165, 1.54) is 6.33 Å². The monoisotopic (exact) mass is 404 g/mol. The number of para-hydroxylation sites is 1. The van der Waals surface area contributed by atoms with Gasteiger partial charge in [0.1, 0.15) is 6.33 Å². The topological polar surface area (TPSA) is 88.5 Å². The average Bonchev–Trinajstić information content (AvgIpc) is 3.45. The smallest absolute Gasteiger partial charge is 0.251 e. The number of rotatable bonds is 8. The van der Waals surface area contributed by atoms with Gasteiger partial charge in [0, 0.05) is 24.1 Å². The Hall–Kier alpha value is -3.39. The Morgan fingerprint density at radius 1 is 1.07 bits per heavy atom. The number of carbonyl (C=O) groups is 1. The van der Waals surface area contributed by atoms with Crippen molar-refractivity contribution in [1.82, 2.24) is 30.3 Å². The van der Waals surface area contributed by atoms with E-state index >= 15 is 0 Å². The molecular formula is C21H20N6OS. The second-order valence-corrected chi connectivity index (χ2v) is 7.37. The van der Waals surface area contributed by atoms with E-state index in [1.54, 1.807) is 11.8 Å². The minimum absolute atomic E-state index is 0.0742. The third-order valence-corrected chi connectivity index (χ3v) is 5.29. The summed E-state index contributed by atoms with van der Waals surface area (Å²) in [6.45, 7) is 0.558. The molecule has 0 saturated heterocycles. The number of aromatic amines is 1. The van der Waals surface area contributed by atoms with Gasteiger partial charge in [-0.25, -0.2) is 9.67 Å². The minimum Gasteiger partial charge on any atom is -0.352 e. The Morgan fingerprint density at radius 3 is 2.66 bits per heavy atom. The van der Waals surface area contributed by atoms with Crippen LogP contribution in [-0.2, 0) is 12.2 Å². The summed E-state index contributed by atoms with van der Waals surface area (Å²) in [6, 6.07) is 17.6. The maximum atomic E-state index is 12.4. The largest absolute Gasteiger partial charge is 0.352 e. The highest BCUT2D eigenvalue weighted by molar-refractivity contribution is 7.98. The van der Waals surface area contributed by atoms with Crippen LogP contribution in [0.3, 0.4) is 0 Å². The van der Waals surface area contributed by atoms with Crippen LogP contribution in [0.15, 0.2) is 78.5 Å². The molecule has 4 aromatic rings. The molecular weight excluding hydrogens is 384 g/mol. The number of amides is 1. The van der Waals surface area contributed by atoms with Crippen LogP contribution >= 0.6 is 11.8 Å². The van der Waals surface area contributed by atoms with E-state index in [0.717, 1.165) is 34.1 Å². The quantitative estimate of drug-likeness (QED) is 0.440. The van der Waals surface area contributed by atoms with E-state index in [0.29, 0.717) is 12.1 Å². The SMILES string of the molecule is O=C(NCCc1cnn(-c2ccccc2)c1)c1ccc(CSc2ncn[nH]2)cc1. The second kappa shape index (κ2) is 9.20. The molecule has 0 unspecified atom stereocenters. The van der Waals surface area contributed by atoms with Crippen molar-refractivity contribution in [1.29, 1.82) is 0 Å². The summed E-state index contributed by atoms with van der Waals surface area (Å²) in [5.41, 5.74) is 3.87. The van der Waals surface area contributed by atoms with Crippen LogP contribution in [0.1, 0.15) is 21.5 Å². The Balaban J connectivity index is 1.25. The van der Waals surface area contributed by atoms with Crippen LogP contribution in [0, 0.1) is 0 Å². The first-order chi connectivity index (χ1) is 14.3. The number of aromatic nitrogens is 5. The minimum atomic E-state index is -0.0742. The van der Waals surface area contributed by atoms with Crippen molar-refractivity contribution >= 4 is 17.7 Å². The molecule has 0 radical (unpaired) electrons. The van der Waals surface area contributed by atoms with Crippen LogP contribution in [0.2, 0.25) is 0 Å². The van der Waals surface area contributed by atoms with E-state index in [1.807, 2.05) is 71.7 Å². The van der Waals surface area contributed by atoms with Gasteiger partial charge in [-0.05, 0) is 41.8 Å². The van der Waals surface area contributed by atoms with Gasteiger partial charge in [-0.3, -0.25) is 9.89 Å². The summed E-state index contributed by atoms with van der Waals surface area (Å²) >= 11 is 1.57. The average molecular weight is 404 g/mol. The molecule has 2 aromatic carbocycles. The van der Waals surface area contributed by atoms with Crippen LogP contribution in [0.25, 0.3) is 5.69 Å². The van der Waals surface area contributed by atoms with Gasteiger partial charge in [0.25, 0.3) is 5.91 Å². The van der Waals surface area contributed by atoms with Crippen LogP contribution in [0.4, 0.5) is 0 Å². The van der Waals surface area contributed by atoms with Crippen molar-refractivity contribution in [3.8, 4) is 5.69 Å². The highest BCUT2D eigenvalue weighted by Crippen LogP contribution is 2.18. The van der Waals surface area contributed by atoms with E-state index in [9.17, 15) is 4.79 Å². The van der Waals surface area contributed by atoms with Crippen molar-refractivity contribution in [2.75, 3.05) is 6.54 Å². The number of carbonyl (C=O) groups excluding carboxylic acids is 1. The zero-order valence-electron chi connectivity index (χ0n) is 15.7. The van der Waals surface area contributed by atoms with E-state index < -0.39 is 0 Å². The van der Waals surface area contributed by atoms with Crippen LogP contribution < -0.4 is 5.32 Å². The molecule has 2 N–H and O–H groups in total. The lowest BCUT2D eigenvalue weighted by molar-refractivity contribution is 0.0954. The number of nitrogens with one attached hydrogen (secondary N) is 2. The predicted molar refractivity (Wildman–Crippen MR) is 112 cm³/mol. The maximum absolute atomic E-state index is 12.4. The summed E-state index contributed by atoms with van der Waals surface area (Å²) in [4.78, 5) is 16.4. The Bertz CT molecular complexity index is 1040. The summed E-state index contributed by atoms with van der Waals surface area (Å²) in [5, 5.41) is 14.8. The van der Waals surface area contributed by atoms with E-state index in [4.69, 9.17) is 0 Å². The van der Waals surface area contributed by atoms with Gasteiger partial charge < -0.3 is 5.32 Å².